The van der Waals surface area contributed by atoms with Gasteiger partial charge in [0.25, 0.3) is 5.91 Å². The first-order valence-corrected chi connectivity index (χ1v) is 10.2. The zero-order valence-electron chi connectivity index (χ0n) is 14.2. The second kappa shape index (κ2) is 9.31. The number of carbonyl (C=O) groups is 2. The summed E-state index contributed by atoms with van der Waals surface area (Å²) in [5.41, 5.74) is 1.01. The Balaban J connectivity index is 1.62. The fourth-order valence-electron chi connectivity index (χ4n) is 2.58. The zero-order chi connectivity index (χ0) is 18.2. The molecule has 0 spiro atoms. The molecule has 0 unspecified atom stereocenters. The van der Waals surface area contributed by atoms with Crippen molar-refractivity contribution in [2.45, 2.75) is 18.9 Å². The molecule has 1 atom stereocenters. The van der Waals surface area contributed by atoms with Crippen molar-refractivity contribution in [2.75, 3.05) is 6.54 Å². The Labute approximate surface area is 160 Å². The minimum absolute atomic E-state index is 0.157. The van der Waals surface area contributed by atoms with E-state index in [9.17, 15) is 9.59 Å². The molecule has 0 aliphatic heterocycles. The molecule has 134 valence electrons. The Morgan fingerprint density at radius 3 is 2.38 bits per heavy atom. The van der Waals surface area contributed by atoms with Crippen molar-refractivity contribution in [2.24, 2.45) is 0 Å². The van der Waals surface area contributed by atoms with E-state index in [2.05, 4.69) is 16.7 Å². The van der Waals surface area contributed by atoms with E-state index in [1.165, 1.54) is 16.2 Å². The molecular weight excluding hydrogens is 364 g/mol. The van der Waals surface area contributed by atoms with Crippen molar-refractivity contribution < 1.29 is 9.59 Å². The van der Waals surface area contributed by atoms with Gasteiger partial charge in [-0.25, -0.2) is 0 Å². The molecule has 2 aromatic heterocycles. The van der Waals surface area contributed by atoms with Crippen LogP contribution in [-0.2, 0) is 17.6 Å². The number of carbonyl (C=O) groups excluding carboxylic acids is 2. The molecule has 0 radical (unpaired) electrons. The Hall–Kier alpha value is -2.44. The van der Waals surface area contributed by atoms with Gasteiger partial charge in [0.1, 0.15) is 6.04 Å². The van der Waals surface area contributed by atoms with Crippen LogP contribution < -0.4 is 10.6 Å². The SMILES string of the molecule is O=C(N[C@@H](Cc1ccccc1)C(=O)NCCc1cccs1)c1cccs1. The standard InChI is InChI=1S/C20H20N2O2S2/c23-19(21-11-10-16-8-4-12-25-16)17(14-15-6-2-1-3-7-15)22-20(24)18-9-5-13-26-18/h1-9,12-13,17H,10-11,14H2,(H,21,23)(H,22,24)/t17-/m0/s1. The molecule has 0 aliphatic rings. The van der Waals surface area contributed by atoms with Crippen LogP contribution in [0.3, 0.4) is 0 Å². The molecule has 0 bridgehead atoms. The molecule has 2 N–H and O–H groups in total. The average Bonchev–Trinajstić information content (AvgIpc) is 3.36. The van der Waals surface area contributed by atoms with Gasteiger partial charge in [-0.3, -0.25) is 9.59 Å². The van der Waals surface area contributed by atoms with Gasteiger partial charge in [-0.05, 0) is 34.9 Å². The first-order valence-electron chi connectivity index (χ1n) is 8.41. The molecule has 3 rings (SSSR count). The lowest BCUT2D eigenvalue weighted by Gasteiger charge is -2.18. The third kappa shape index (κ3) is 5.28. The van der Waals surface area contributed by atoms with Crippen molar-refractivity contribution in [1.29, 1.82) is 0 Å². The minimum atomic E-state index is -0.602. The lowest BCUT2D eigenvalue weighted by atomic mass is 10.0. The van der Waals surface area contributed by atoms with Crippen molar-refractivity contribution in [1.82, 2.24) is 10.6 Å². The molecule has 6 heteroatoms. The number of amides is 2. The molecule has 3 aromatic rings. The lowest BCUT2D eigenvalue weighted by molar-refractivity contribution is -0.122. The van der Waals surface area contributed by atoms with Gasteiger partial charge < -0.3 is 10.6 Å². The van der Waals surface area contributed by atoms with Crippen LogP contribution in [-0.4, -0.2) is 24.4 Å². The topological polar surface area (TPSA) is 58.2 Å². The van der Waals surface area contributed by atoms with Gasteiger partial charge in [0.2, 0.25) is 5.91 Å². The van der Waals surface area contributed by atoms with E-state index in [0.717, 1.165) is 12.0 Å². The normalized spacial score (nSPS) is 11.7. The Morgan fingerprint density at radius 2 is 1.69 bits per heavy atom. The summed E-state index contributed by atoms with van der Waals surface area (Å²) in [6.07, 6.45) is 1.25. The number of hydrogen-bond donors (Lipinski definition) is 2. The number of rotatable bonds is 8. The summed E-state index contributed by atoms with van der Waals surface area (Å²) in [5.74, 6) is -0.371. The molecule has 26 heavy (non-hydrogen) atoms. The Kier molecular flexibility index (Phi) is 6.57. The average molecular weight is 385 g/mol. The highest BCUT2D eigenvalue weighted by Crippen LogP contribution is 2.11. The van der Waals surface area contributed by atoms with Crippen LogP contribution in [0.15, 0.2) is 65.4 Å². The van der Waals surface area contributed by atoms with E-state index in [1.807, 2.05) is 53.2 Å². The maximum atomic E-state index is 12.7. The molecule has 4 nitrogen and oxygen atoms in total. The van der Waals surface area contributed by atoms with Crippen molar-refractivity contribution in [3.63, 3.8) is 0 Å². The van der Waals surface area contributed by atoms with E-state index in [4.69, 9.17) is 0 Å². The number of hydrogen-bond acceptors (Lipinski definition) is 4. The van der Waals surface area contributed by atoms with E-state index in [0.29, 0.717) is 17.8 Å². The monoisotopic (exact) mass is 384 g/mol. The first kappa shape index (κ1) is 18.4. The third-order valence-corrected chi connectivity index (χ3v) is 5.70. The molecule has 2 amide bonds. The number of thiophene rings is 2. The van der Waals surface area contributed by atoms with Gasteiger partial charge in [-0.1, -0.05) is 42.5 Å². The van der Waals surface area contributed by atoms with Crippen LogP contribution in [0.5, 0.6) is 0 Å². The fourth-order valence-corrected chi connectivity index (χ4v) is 3.92. The molecule has 0 saturated carbocycles. The lowest BCUT2D eigenvalue weighted by Crippen LogP contribution is -2.48. The second-order valence-electron chi connectivity index (χ2n) is 5.81. The minimum Gasteiger partial charge on any atom is -0.354 e. The van der Waals surface area contributed by atoms with E-state index < -0.39 is 6.04 Å². The predicted octanol–water partition coefficient (Wildman–Crippen LogP) is 3.51. The van der Waals surface area contributed by atoms with Crippen LogP contribution in [0.4, 0.5) is 0 Å². The maximum Gasteiger partial charge on any atom is 0.262 e. The van der Waals surface area contributed by atoms with Gasteiger partial charge in [0, 0.05) is 17.8 Å². The van der Waals surface area contributed by atoms with Crippen molar-refractivity contribution >= 4 is 34.5 Å². The largest absolute Gasteiger partial charge is 0.354 e. The summed E-state index contributed by atoms with van der Waals surface area (Å²) < 4.78 is 0. The van der Waals surface area contributed by atoms with Crippen molar-refractivity contribution in [3.8, 4) is 0 Å². The van der Waals surface area contributed by atoms with Gasteiger partial charge in [0.05, 0.1) is 4.88 Å². The van der Waals surface area contributed by atoms with Gasteiger partial charge >= 0.3 is 0 Å². The zero-order valence-corrected chi connectivity index (χ0v) is 15.8. The van der Waals surface area contributed by atoms with E-state index in [1.54, 1.807) is 17.4 Å². The highest BCUT2D eigenvalue weighted by Gasteiger charge is 2.22. The smallest absolute Gasteiger partial charge is 0.262 e. The Bertz CT molecular complexity index is 815. The summed E-state index contributed by atoms with van der Waals surface area (Å²) in [5, 5.41) is 9.70. The van der Waals surface area contributed by atoms with Crippen LogP contribution in [0.1, 0.15) is 20.1 Å². The highest BCUT2D eigenvalue weighted by atomic mass is 32.1. The molecular formula is C20H20N2O2S2. The summed E-state index contributed by atoms with van der Waals surface area (Å²) in [6, 6.07) is 16.8. The summed E-state index contributed by atoms with van der Waals surface area (Å²) in [6.45, 7) is 0.555. The van der Waals surface area contributed by atoms with Gasteiger partial charge in [0.15, 0.2) is 0 Å². The van der Waals surface area contributed by atoms with Gasteiger partial charge in [-0.15, -0.1) is 22.7 Å². The van der Waals surface area contributed by atoms with Crippen molar-refractivity contribution in [3.05, 3.63) is 80.7 Å². The van der Waals surface area contributed by atoms with Crippen LogP contribution in [0.25, 0.3) is 0 Å². The van der Waals surface area contributed by atoms with Gasteiger partial charge in [-0.2, -0.15) is 0 Å². The molecule has 1 aromatic carbocycles. The quantitative estimate of drug-likeness (QED) is 0.624. The van der Waals surface area contributed by atoms with Crippen LogP contribution in [0, 0.1) is 0 Å². The van der Waals surface area contributed by atoms with Crippen LogP contribution in [0.2, 0.25) is 0 Å². The molecule has 0 aliphatic carbocycles. The summed E-state index contributed by atoms with van der Waals surface area (Å²) in [7, 11) is 0. The predicted molar refractivity (Wildman–Crippen MR) is 107 cm³/mol. The Morgan fingerprint density at radius 1 is 0.923 bits per heavy atom. The van der Waals surface area contributed by atoms with Crippen LogP contribution >= 0.6 is 22.7 Å². The maximum absolute atomic E-state index is 12.7. The fraction of sp³-hybridized carbons (Fsp3) is 0.200. The second-order valence-corrected chi connectivity index (χ2v) is 7.79. The first-order chi connectivity index (χ1) is 12.7. The highest BCUT2D eigenvalue weighted by molar-refractivity contribution is 7.12. The van der Waals surface area contributed by atoms with E-state index in [-0.39, 0.29) is 11.8 Å². The molecule has 0 saturated heterocycles. The summed E-state index contributed by atoms with van der Waals surface area (Å²) >= 11 is 3.04. The molecule has 2 heterocycles. The summed E-state index contributed by atoms with van der Waals surface area (Å²) in [4.78, 5) is 26.9. The van der Waals surface area contributed by atoms with E-state index >= 15 is 0 Å². The number of nitrogens with one attached hydrogen (secondary N) is 2. The number of benzene rings is 1. The third-order valence-electron chi connectivity index (χ3n) is 3.90. The molecule has 0 fully saturated rings.